The van der Waals surface area contributed by atoms with Gasteiger partial charge in [0.15, 0.2) is 17.3 Å². The van der Waals surface area contributed by atoms with Crippen LogP contribution in [0.5, 0.6) is 11.5 Å². The summed E-state index contributed by atoms with van der Waals surface area (Å²) in [5.74, 6) is 0.599. The Kier molecular flexibility index (Phi) is 6.78. The van der Waals surface area contributed by atoms with E-state index in [1.54, 1.807) is 24.3 Å². The second kappa shape index (κ2) is 9.89. The van der Waals surface area contributed by atoms with Gasteiger partial charge in [0.05, 0.1) is 18.3 Å². The van der Waals surface area contributed by atoms with Crippen molar-refractivity contribution in [3.05, 3.63) is 93.1 Å². The van der Waals surface area contributed by atoms with Gasteiger partial charge in [0.25, 0.3) is 0 Å². The third-order valence-corrected chi connectivity index (χ3v) is 5.33. The Bertz CT molecular complexity index is 1290. The highest BCUT2D eigenvalue weighted by Crippen LogP contribution is 2.36. The zero-order chi connectivity index (χ0) is 22.5. The number of hydrazone groups is 1. The van der Waals surface area contributed by atoms with E-state index < -0.39 is 5.91 Å². The highest BCUT2D eigenvalue weighted by atomic mass is 79.9. The first-order valence-electron chi connectivity index (χ1n) is 9.60. The van der Waals surface area contributed by atoms with Crippen LogP contribution in [0.2, 0.25) is 5.02 Å². The number of carbonyl (C=O) groups is 1. The molecule has 162 valence electrons. The highest BCUT2D eigenvalue weighted by molar-refractivity contribution is 9.10. The quantitative estimate of drug-likeness (QED) is 0.236. The number of rotatable bonds is 7. The van der Waals surface area contributed by atoms with Crippen LogP contribution in [-0.2, 0) is 6.61 Å². The van der Waals surface area contributed by atoms with Gasteiger partial charge in [-0.1, -0.05) is 57.9 Å². The third kappa shape index (κ3) is 5.12. The summed E-state index contributed by atoms with van der Waals surface area (Å²) in [5, 5.41) is 5.18. The smallest absolute Gasteiger partial charge is 0.307 e. The topological polar surface area (TPSA) is 73.1 Å². The molecule has 4 aromatic rings. The average Bonchev–Trinajstić information content (AvgIpc) is 3.22. The molecule has 3 aromatic carbocycles. The number of ether oxygens (including phenoxy) is 2. The first-order valence-corrected chi connectivity index (χ1v) is 10.8. The van der Waals surface area contributed by atoms with Crippen LogP contribution in [0.3, 0.4) is 0 Å². The highest BCUT2D eigenvalue weighted by Gasteiger charge is 2.13. The van der Waals surface area contributed by atoms with Crippen LogP contribution < -0.4 is 14.9 Å². The lowest BCUT2D eigenvalue weighted by atomic mass is 10.2. The molecular weight excluding hydrogens is 496 g/mol. The van der Waals surface area contributed by atoms with Crippen LogP contribution in [0, 0.1) is 0 Å². The van der Waals surface area contributed by atoms with Gasteiger partial charge in [0.2, 0.25) is 0 Å². The van der Waals surface area contributed by atoms with E-state index in [1.807, 2.05) is 42.5 Å². The second-order valence-electron chi connectivity index (χ2n) is 6.80. The number of methoxy groups -OCH3 is 1. The Balaban J connectivity index is 1.44. The van der Waals surface area contributed by atoms with Crippen LogP contribution >= 0.6 is 27.5 Å². The average molecular weight is 514 g/mol. The molecule has 0 bridgehead atoms. The summed E-state index contributed by atoms with van der Waals surface area (Å²) in [6.45, 7) is 0.356. The van der Waals surface area contributed by atoms with Gasteiger partial charge in [0.1, 0.15) is 12.2 Å². The van der Waals surface area contributed by atoms with Crippen molar-refractivity contribution in [3.63, 3.8) is 0 Å². The van der Waals surface area contributed by atoms with E-state index in [2.05, 4.69) is 26.5 Å². The molecule has 1 amide bonds. The van der Waals surface area contributed by atoms with Crippen molar-refractivity contribution in [2.45, 2.75) is 6.61 Å². The van der Waals surface area contributed by atoms with Crippen molar-refractivity contribution in [1.82, 2.24) is 5.43 Å². The fourth-order valence-electron chi connectivity index (χ4n) is 3.03. The van der Waals surface area contributed by atoms with E-state index in [1.165, 1.54) is 13.3 Å². The molecule has 0 saturated carbocycles. The van der Waals surface area contributed by atoms with Crippen molar-refractivity contribution < 1.29 is 18.7 Å². The van der Waals surface area contributed by atoms with Crippen LogP contribution in [0.25, 0.3) is 11.0 Å². The van der Waals surface area contributed by atoms with Crippen LogP contribution in [0.15, 0.2) is 80.7 Å². The lowest BCUT2D eigenvalue weighted by Gasteiger charge is -2.13. The first-order chi connectivity index (χ1) is 15.5. The first kappa shape index (κ1) is 21.9. The van der Waals surface area contributed by atoms with Gasteiger partial charge in [-0.3, -0.25) is 4.79 Å². The predicted molar refractivity (Wildman–Crippen MR) is 128 cm³/mol. The molecule has 0 atom stereocenters. The summed E-state index contributed by atoms with van der Waals surface area (Å²) in [7, 11) is 1.53. The molecule has 4 rings (SSSR count). The van der Waals surface area contributed by atoms with E-state index in [0.717, 1.165) is 15.4 Å². The zero-order valence-corrected chi connectivity index (χ0v) is 19.3. The molecule has 0 aliphatic rings. The van der Waals surface area contributed by atoms with Gasteiger partial charge in [-0.25, -0.2) is 5.43 Å². The Labute approximate surface area is 197 Å². The third-order valence-electron chi connectivity index (χ3n) is 4.56. The monoisotopic (exact) mass is 512 g/mol. The molecule has 1 N–H and O–H groups in total. The molecule has 0 aliphatic heterocycles. The molecule has 0 saturated heterocycles. The molecule has 0 radical (unpaired) electrons. The lowest BCUT2D eigenvalue weighted by Crippen LogP contribution is -2.16. The summed E-state index contributed by atoms with van der Waals surface area (Å²) in [4.78, 5) is 12.4. The molecular formula is C24H18BrClN2O4. The minimum atomic E-state index is -0.463. The molecule has 0 fully saturated rings. The van der Waals surface area contributed by atoms with E-state index in [0.29, 0.717) is 34.3 Å². The number of fused-ring (bicyclic) bond motifs is 1. The number of halogens is 2. The number of benzene rings is 3. The number of carbonyl (C=O) groups excluding carboxylic acids is 1. The Morgan fingerprint density at radius 2 is 1.97 bits per heavy atom. The number of hydrogen-bond donors (Lipinski definition) is 1. The van der Waals surface area contributed by atoms with Crippen molar-refractivity contribution in [1.29, 1.82) is 0 Å². The maximum atomic E-state index is 12.4. The summed E-state index contributed by atoms with van der Waals surface area (Å²) < 4.78 is 17.7. The molecule has 6 nitrogen and oxygen atoms in total. The van der Waals surface area contributed by atoms with Crippen LogP contribution in [0.1, 0.15) is 21.7 Å². The number of furan rings is 1. The number of amides is 1. The minimum Gasteiger partial charge on any atom is -0.493 e. The van der Waals surface area contributed by atoms with Crippen LogP contribution in [0.4, 0.5) is 0 Å². The van der Waals surface area contributed by atoms with Crippen molar-refractivity contribution >= 4 is 50.6 Å². The van der Waals surface area contributed by atoms with Gasteiger partial charge < -0.3 is 13.9 Å². The maximum Gasteiger partial charge on any atom is 0.307 e. The fourth-order valence-corrected chi connectivity index (χ4v) is 3.68. The van der Waals surface area contributed by atoms with Crippen molar-refractivity contribution in [2.75, 3.05) is 7.11 Å². The number of hydrogen-bond acceptors (Lipinski definition) is 5. The SMILES string of the molecule is COc1cc(/C=N/NC(=O)c2cc3cc(Br)ccc3o2)cc(Cl)c1OCc1ccccc1. The van der Waals surface area contributed by atoms with Crippen molar-refractivity contribution in [2.24, 2.45) is 5.10 Å². The summed E-state index contributed by atoms with van der Waals surface area (Å²) >= 11 is 9.80. The molecule has 32 heavy (non-hydrogen) atoms. The van der Waals surface area contributed by atoms with Gasteiger partial charge in [-0.05, 0) is 47.5 Å². The number of nitrogens with one attached hydrogen (secondary N) is 1. The van der Waals surface area contributed by atoms with Gasteiger partial charge in [-0.15, -0.1) is 0 Å². The van der Waals surface area contributed by atoms with E-state index >= 15 is 0 Å². The standard InChI is InChI=1S/C24H18BrClN2O4/c1-30-21-10-16(9-19(26)23(21)31-14-15-5-3-2-4-6-15)13-27-28-24(29)22-12-17-11-18(25)7-8-20(17)32-22/h2-13H,14H2,1H3,(H,28,29)/b27-13+. The minimum absolute atomic E-state index is 0.163. The molecule has 8 heteroatoms. The lowest BCUT2D eigenvalue weighted by molar-refractivity contribution is 0.0929. The Morgan fingerprint density at radius 3 is 2.75 bits per heavy atom. The number of nitrogens with zero attached hydrogens (tertiary/aromatic N) is 1. The van der Waals surface area contributed by atoms with Gasteiger partial charge >= 0.3 is 5.91 Å². The predicted octanol–water partition coefficient (Wildman–Crippen LogP) is 6.20. The van der Waals surface area contributed by atoms with Crippen LogP contribution in [-0.4, -0.2) is 19.2 Å². The maximum absolute atomic E-state index is 12.4. The molecule has 0 spiro atoms. The summed E-state index contributed by atoms with van der Waals surface area (Å²) in [6, 6.07) is 20.3. The summed E-state index contributed by atoms with van der Waals surface area (Å²) in [6.07, 6.45) is 1.46. The van der Waals surface area contributed by atoms with Crippen molar-refractivity contribution in [3.8, 4) is 11.5 Å². The summed E-state index contributed by atoms with van der Waals surface area (Å²) in [5.41, 5.74) is 4.71. The molecule has 0 unspecified atom stereocenters. The van der Waals surface area contributed by atoms with E-state index in [-0.39, 0.29) is 5.76 Å². The Hall–Kier alpha value is -3.29. The second-order valence-corrected chi connectivity index (χ2v) is 8.12. The van der Waals surface area contributed by atoms with E-state index in [9.17, 15) is 4.79 Å². The largest absolute Gasteiger partial charge is 0.493 e. The van der Waals surface area contributed by atoms with E-state index in [4.69, 9.17) is 25.5 Å². The molecule has 1 aromatic heterocycles. The zero-order valence-electron chi connectivity index (χ0n) is 17.0. The molecule has 0 aliphatic carbocycles. The fraction of sp³-hybridized carbons (Fsp3) is 0.0833. The normalized spacial score (nSPS) is 11.1. The molecule has 1 heterocycles. The van der Waals surface area contributed by atoms with Gasteiger partial charge in [-0.2, -0.15) is 5.10 Å². The Morgan fingerprint density at radius 1 is 1.16 bits per heavy atom. The van der Waals surface area contributed by atoms with Gasteiger partial charge in [0, 0.05) is 9.86 Å².